The summed E-state index contributed by atoms with van der Waals surface area (Å²) >= 11 is 11.9. The number of nitrogens with zero attached hydrogens (tertiary/aromatic N) is 4. The van der Waals surface area contributed by atoms with E-state index in [9.17, 15) is 4.79 Å². The molecule has 0 N–H and O–H groups in total. The molecule has 0 saturated carbocycles. The molecule has 1 fully saturated rings. The van der Waals surface area contributed by atoms with E-state index in [1.165, 1.54) is 0 Å². The molecule has 1 aliphatic heterocycles. The fraction of sp³-hybridized carbons (Fsp3) is 0.375. The first-order valence-corrected chi connectivity index (χ1v) is 8.38. The minimum atomic E-state index is -0.0551. The second-order valence-corrected chi connectivity index (χ2v) is 6.41. The van der Waals surface area contributed by atoms with Gasteiger partial charge in [-0.15, -0.1) is 12.4 Å². The van der Waals surface area contributed by atoms with Gasteiger partial charge in [-0.1, -0.05) is 23.2 Å². The van der Waals surface area contributed by atoms with Crippen LogP contribution in [0, 0.1) is 0 Å². The number of benzene rings is 1. The number of hydrogen-bond donors (Lipinski definition) is 0. The zero-order chi connectivity index (χ0) is 17.1. The molecule has 2 aromatic rings. The smallest absolute Gasteiger partial charge is 0.260 e. The number of amides is 1. The molecule has 0 radical (unpaired) electrons. The van der Waals surface area contributed by atoms with Gasteiger partial charge in [-0.25, -0.2) is 4.98 Å². The van der Waals surface area contributed by atoms with E-state index in [-0.39, 0.29) is 24.9 Å². The largest absolute Gasteiger partial charge is 0.482 e. The van der Waals surface area contributed by atoms with Gasteiger partial charge in [0.25, 0.3) is 5.91 Å². The molecule has 3 rings (SSSR count). The van der Waals surface area contributed by atoms with Gasteiger partial charge in [0.2, 0.25) is 5.95 Å². The van der Waals surface area contributed by atoms with Crippen LogP contribution in [0.4, 0.5) is 5.95 Å². The highest BCUT2D eigenvalue weighted by atomic mass is 35.5. The van der Waals surface area contributed by atoms with Crippen LogP contribution < -0.4 is 9.64 Å². The van der Waals surface area contributed by atoms with Gasteiger partial charge in [0.05, 0.1) is 5.02 Å². The first-order valence-electron chi connectivity index (χ1n) is 7.62. The number of aromatic nitrogens is 2. The Kier molecular flexibility index (Phi) is 6.81. The van der Waals surface area contributed by atoms with Crippen molar-refractivity contribution in [2.24, 2.45) is 7.05 Å². The second-order valence-electron chi connectivity index (χ2n) is 5.57. The number of ether oxygens (including phenoxy) is 1. The molecule has 0 unspecified atom stereocenters. The van der Waals surface area contributed by atoms with Crippen LogP contribution >= 0.6 is 35.6 Å². The summed E-state index contributed by atoms with van der Waals surface area (Å²) in [7, 11) is 1.96. The van der Waals surface area contributed by atoms with E-state index in [1.54, 1.807) is 29.3 Å². The van der Waals surface area contributed by atoms with Crippen molar-refractivity contribution < 1.29 is 9.53 Å². The van der Waals surface area contributed by atoms with E-state index in [4.69, 9.17) is 27.9 Å². The fourth-order valence-corrected chi connectivity index (χ4v) is 3.10. The molecule has 1 aromatic heterocycles. The lowest BCUT2D eigenvalue weighted by Crippen LogP contribution is -2.50. The van der Waals surface area contributed by atoms with E-state index in [1.807, 2.05) is 17.8 Å². The number of carbonyl (C=O) groups is 1. The van der Waals surface area contributed by atoms with Gasteiger partial charge in [-0.3, -0.25) is 4.79 Å². The molecule has 1 aliphatic rings. The van der Waals surface area contributed by atoms with Crippen molar-refractivity contribution in [3.05, 3.63) is 40.6 Å². The molecule has 2 heterocycles. The fourth-order valence-electron chi connectivity index (χ4n) is 2.64. The van der Waals surface area contributed by atoms with Crippen molar-refractivity contribution in [2.45, 2.75) is 0 Å². The summed E-state index contributed by atoms with van der Waals surface area (Å²) < 4.78 is 7.49. The first kappa shape index (κ1) is 19.7. The van der Waals surface area contributed by atoms with Crippen molar-refractivity contribution >= 4 is 47.5 Å². The van der Waals surface area contributed by atoms with Crippen molar-refractivity contribution in [3.8, 4) is 5.75 Å². The minimum Gasteiger partial charge on any atom is -0.482 e. The van der Waals surface area contributed by atoms with E-state index in [2.05, 4.69) is 9.88 Å². The Labute approximate surface area is 162 Å². The number of hydrogen-bond acceptors (Lipinski definition) is 4. The summed E-state index contributed by atoms with van der Waals surface area (Å²) in [6, 6.07) is 4.93. The zero-order valence-electron chi connectivity index (χ0n) is 13.7. The third kappa shape index (κ3) is 4.71. The minimum absolute atomic E-state index is 0. The number of anilines is 1. The van der Waals surface area contributed by atoms with Crippen LogP contribution in [0.1, 0.15) is 0 Å². The topological polar surface area (TPSA) is 50.6 Å². The molecular weight excluding hydrogens is 387 g/mol. The molecule has 1 amide bonds. The predicted octanol–water partition coefficient (Wildman–Crippen LogP) is 2.88. The number of rotatable bonds is 4. The van der Waals surface area contributed by atoms with Crippen LogP contribution in [-0.2, 0) is 11.8 Å². The normalized spacial score (nSPS) is 14.2. The maximum Gasteiger partial charge on any atom is 0.260 e. The van der Waals surface area contributed by atoms with Crippen LogP contribution in [0.25, 0.3) is 0 Å². The number of halogens is 3. The summed E-state index contributed by atoms with van der Waals surface area (Å²) in [6.07, 6.45) is 3.69. The van der Waals surface area contributed by atoms with Gasteiger partial charge in [-0.2, -0.15) is 0 Å². The Bertz CT molecular complexity index is 730. The number of aryl methyl sites for hydroxylation is 1. The second kappa shape index (κ2) is 8.65. The maximum absolute atomic E-state index is 12.3. The lowest BCUT2D eigenvalue weighted by molar-refractivity contribution is -0.133. The van der Waals surface area contributed by atoms with Gasteiger partial charge in [0.15, 0.2) is 6.61 Å². The first-order chi connectivity index (χ1) is 11.5. The molecule has 1 aromatic carbocycles. The van der Waals surface area contributed by atoms with Crippen molar-refractivity contribution in [3.63, 3.8) is 0 Å². The van der Waals surface area contributed by atoms with Crippen LogP contribution in [0.5, 0.6) is 5.75 Å². The lowest BCUT2D eigenvalue weighted by Gasteiger charge is -2.35. The molecular formula is C16H19Cl3N4O2. The van der Waals surface area contributed by atoms with E-state index in [0.29, 0.717) is 28.9 Å². The molecule has 25 heavy (non-hydrogen) atoms. The van der Waals surface area contributed by atoms with Gasteiger partial charge >= 0.3 is 0 Å². The zero-order valence-corrected chi connectivity index (χ0v) is 16.0. The van der Waals surface area contributed by atoms with Crippen LogP contribution in [0.15, 0.2) is 30.6 Å². The SMILES string of the molecule is Cl.Cn1ccnc1N1CCN(C(=O)COc2ccc(Cl)cc2Cl)CC1. The van der Waals surface area contributed by atoms with E-state index < -0.39 is 0 Å². The molecule has 0 spiro atoms. The van der Waals surface area contributed by atoms with Gasteiger partial charge < -0.3 is 19.1 Å². The average molecular weight is 406 g/mol. The lowest BCUT2D eigenvalue weighted by atomic mass is 10.3. The number of piperazine rings is 1. The summed E-state index contributed by atoms with van der Waals surface area (Å²) in [5.41, 5.74) is 0. The highest BCUT2D eigenvalue weighted by molar-refractivity contribution is 6.35. The highest BCUT2D eigenvalue weighted by Crippen LogP contribution is 2.27. The Morgan fingerprint density at radius 2 is 1.96 bits per heavy atom. The third-order valence-electron chi connectivity index (χ3n) is 3.96. The van der Waals surface area contributed by atoms with Crippen molar-refractivity contribution in [1.82, 2.24) is 14.5 Å². The Balaban J connectivity index is 0.00000225. The number of carbonyl (C=O) groups excluding carboxylic acids is 1. The standard InChI is InChI=1S/C16H18Cl2N4O2.ClH/c1-20-5-4-19-16(20)22-8-6-21(7-9-22)15(23)11-24-14-3-2-12(17)10-13(14)18;/h2-5,10H,6-9,11H2,1H3;1H. The predicted molar refractivity (Wildman–Crippen MR) is 101 cm³/mol. The van der Waals surface area contributed by atoms with E-state index in [0.717, 1.165) is 19.0 Å². The highest BCUT2D eigenvalue weighted by Gasteiger charge is 2.23. The monoisotopic (exact) mass is 404 g/mol. The number of imidazole rings is 1. The molecule has 1 saturated heterocycles. The van der Waals surface area contributed by atoms with Crippen LogP contribution in [0.3, 0.4) is 0 Å². The van der Waals surface area contributed by atoms with Crippen molar-refractivity contribution in [2.75, 3.05) is 37.7 Å². The van der Waals surface area contributed by atoms with Gasteiger partial charge in [0.1, 0.15) is 5.75 Å². The summed E-state index contributed by atoms with van der Waals surface area (Å²) in [5, 5.41) is 0.930. The Morgan fingerprint density at radius 3 is 2.56 bits per heavy atom. The van der Waals surface area contributed by atoms with Gasteiger partial charge in [0, 0.05) is 50.6 Å². The molecule has 0 bridgehead atoms. The summed E-state index contributed by atoms with van der Waals surface area (Å²) in [4.78, 5) is 20.6. The van der Waals surface area contributed by atoms with E-state index >= 15 is 0 Å². The molecule has 9 heteroatoms. The average Bonchev–Trinajstić information content (AvgIpc) is 3.00. The quantitative estimate of drug-likeness (QED) is 0.785. The Morgan fingerprint density at radius 1 is 1.24 bits per heavy atom. The van der Waals surface area contributed by atoms with Gasteiger partial charge in [-0.05, 0) is 18.2 Å². The molecule has 0 atom stereocenters. The van der Waals surface area contributed by atoms with Crippen LogP contribution in [-0.4, -0.2) is 53.1 Å². The summed E-state index contributed by atoms with van der Waals surface area (Å²) in [6.45, 7) is 2.74. The Hall–Kier alpha value is -1.63. The maximum atomic E-state index is 12.3. The van der Waals surface area contributed by atoms with Crippen LogP contribution in [0.2, 0.25) is 10.0 Å². The summed E-state index contributed by atoms with van der Waals surface area (Å²) in [5.74, 6) is 1.33. The molecule has 136 valence electrons. The third-order valence-corrected chi connectivity index (χ3v) is 4.49. The van der Waals surface area contributed by atoms with Crippen molar-refractivity contribution in [1.29, 1.82) is 0 Å². The molecule has 6 nitrogen and oxygen atoms in total. The molecule has 0 aliphatic carbocycles.